The van der Waals surface area contributed by atoms with Gasteiger partial charge >= 0.3 is 0 Å². The molecule has 3 amide bonds. The van der Waals surface area contributed by atoms with E-state index in [1.54, 1.807) is 14.0 Å². The van der Waals surface area contributed by atoms with Gasteiger partial charge in [0.25, 0.3) is 11.8 Å². The minimum absolute atomic E-state index is 0.0120. The number of hydrogen-bond donors (Lipinski definition) is 0. The standard InChI is InChI=1S/C21H29N3O4S/c1-4-9-28-13(2)19(26)23-8-7-15-16(11-23)29-21-18(15)20(27)22(3)12-17(25)24(21)10-14-5-6-14/h13-14H,4-12H2,1-3H3. The molecular weight excluding hydrogens is 390 g/mol. The second-order valence-electron chi connectivity index (χ2n) is 8.32. The van der Waals surface area contributed by atoms with E-state index >= 15 is 0 Å². The molecule has 0 aromatic carbocycles. The third kappa shape index (κ3) is 3.92. The van der Waals surface area contributed by atoms with Crippen molar-refractivity contribution in [3.05, 3.63) is 16.0 Å². The van der Waals surface area contributed by atoms with Crippen molar-refractivity contribution in [2.24, 2.45) is 5.92 Å². The highest BCUT2D eigenvalue weighted by Gasteiger charge is 2.39. The molecule has 3 aliphatic rings. The minimum Gasteiger partial charge on any atom is -0.369 e. The first-order valence-corrected chi connectivity index (χ1v) is 11.3. The number of rotatable bonds is 6. The number of thiophene rings is 1. The van der Waals surface area contributed by atoms with Crippen LogP contribution >= 0.6 is 11.3 Å². The first-order valence-electron chi connectivity index (χ1n) is 10.5. The van der Waals surface area contributed by atoms with Crippen molar-refractivity contribution in [3.63, 3.8) is 0 Å². The summed E-state index contributed by atoms with van der Waals surface area (Å²) in [5, 5.41) is 0.783. The van der Waals surface area contributed by atoms with E-state index < -0.39 is 6.10 Å². The molecule has 1 saturated carbocycles. The molecule has 7 nitrogen and oxygen atoms in total. The van der Waals surface area contributed by atoms with Gasteiger partial charge in [-0.3, -0.25) is 14.4 Å². The summed E-state index contributed by atoms with van der Waals surface area (Å²) in [6.45, 7) is 6.25. The van der Waals surface area contributed by atoms with E-state index in [2.05, 4.69) is 0 Å². The van der Waals surface area contributed by atoms with Crippen molar-refractivity contribution in [1.29, 1.82) is 0 Å². The highest BCUT2D eigenvalue weighted by atomic mass is 32.1. The maximum atomic E-state index is 13.1. The summed E-state index contributed by atoms with van der Waals surface area (Å²) in [6, 6.07) is 0. The molecule has 0 radical (unpaired) electrons. The Morgan fingerprint density at radius 1 is 1.28 bits per heavy atom. The molecule has 158 valence electrons. The smallest absolute Gasteiger partial charge is 0.257 e. The molecule has 0 spiro atoms. The third-order valence-electron chi connectivity index (χ3n) is 5.89. The number of amides is 3. The summed E-state index contributed by atoms with van der Waals surface area (Å²) in [6.07, 6.45) is 3.34. The van der Waals surface area contributed by atoms with Crippen LogP contribution in [0.1, 0.15) is 53.9 Å². The number of fused-ring (bicyclic) bond motifs is 3. The zero-order valence-electron chi connectivity index (χ0n) is 17.4. The Labute approximate surface area is 175 Å². The van der Waals surface area contributed by atoms with E-state index in [4.69, 9.17) is 4.74 Å². The van der Waals surface area contributed by atoms with E-state index in [9.17, 15) is 14.4 Å². The van der Waals surface area contributed by atoms with E-state index in [1.165, 1.54) is 16.2 Å². The average molecular weight is 420 g/mol. The third-order valence-corrected chi connectivity index (χ3v) is 7.13. The van der Waals surface area contributed by atoms with Gasteiger partial charge in [0.15, 0.2) is 0 Å². The van der Waals surface area contributed by atoms with Crippen LogP contribution in [0, 0.1) is 5.92 Å². The first-order chi connectivity index (χ1) is 13.9. The van der Waals surface area contributed by atoms with E-state index in [1.807, 2.05) is 16.7 Å². The zero-order chi connectivity index (χ0) is 20.7. The molecule has 3 heterocycles. The molecule has 4 rings (SSSR count). The van der Waals surface area contributed by atoms with Crippen LogP contribution < -0.4 is 4.90 Å². The summed E-state index contributed by atoms with van der Waals surface area (Å²) < 4.78 is 5.60. The Morgan fingerprint density at radius 3 is 2.72 bits per heavy atom. The van der Waals surface area contributed by atoms with Gasteiger partial charge in [0.05, 0.1) is 12.1 Å². The van der Waals surface area contributed by atoms with E-state index in [-0.39, 0.29) is 24.3 Å². The van der Waals surface area contributed by atoms with Gasteiger partial charge in [0.1, 0.15) is 17.6 Å². The molecule has 1 aliphatic carbocycles. The molecule has 0 N–H and O–H groups in total. The lowest BCUT2D eigenvalue weighted by Crippen LogP contribution is -2.42. The first kappa shape index (κ1) is 20.3. The Kier molecular flexibility index (Phi) is 5.66. The number of likely N-dealkylation sites (N-methyl/N-ethyl adjacent to an activating group) is 1. The highest BCUT2D eigenvalue weighted by Crippen LogP contribution is 2.43. The topological polar surface area (TPSA) is 70.2 Å². The van der Waals surface area contributed by atoms with Crippen LogP contribution in [-0.2, 0) is 27.3 Å². The van der Waals surface area contributed by atoms with Gasteiger partial charge in [-0.25, -0.2) is 0 Å². The average Bonchev–Trinajstić information content (AvgIpc) is 3.47. The second-order valence-corrected chi connectivity index (χ2v) is 9.40. The molecule has 1 unspecified atom stereocenters. The van der Waals surface area contributed by atoms with E-state index in [0.717, 1.165) is 34.7 Å². The summed E-state index contributed by atoms with van der Waals surface area (Å²) in [4.78, 5) is 44.8. The number of carbonyl (C=O) groups is 3. The molecule has 1 aromatic rings. The number of hydrogen-bond acceptors (Lipinski definition) is 5. The van der Waals surface area contributed by atoms with Crippen LogP contribution in [0.3, 0.4) is 0 Å². The Balaban J connectivity index is 1.62. The summed E-state index contributed by atoms with van der Waals surface area (Å²) in [5.74, 6) is 0.435. The van der Waals surface area contributed by atoms with Crippen LogP contribution in [-0.4, -0.2) is 66.9 Å². The van der Waals surface area contributed by atoms with Crippen LogP contribution in [0.5, 0.6) is 0 Å². The molecule has 29 heavy (non-hydrogen) atoms. The van der Waals surface area contributed by atoms with E-state index in [0.29, 0.717) is 44.1 Å². The normalized spacial score (nSPS) is 20.4. The molecule has 2 aliphatic heterocycles. The number of carbonyl (C=O) groups excluding carboxylic acids is 3. The molecule has 0 bridgehead atoms. The van der Waals surface area contributed by atoms with Crippen molar-refractivity contribution in [3.8, 4) is 0 Å². The van der Waals surface area contributed by atoms with Gasteiger partial charge in [0.2, 0.25) is 5.91 Å². The summed E-state index contributed by atoms with van der Waals surface area (Å²) >= 11 is 1.51. The van der Waals surface area contributed by atoms with Gasteiger partial charge in [-0.2, -0.15) is 0 Å². The largest absolute Gasteiger partial charge is 0.369 e. The highest BCUT2D eigenvalue weighted by molar-refractivity contribution is 7.17. The fraction of sp³-hybridized carbons (Fsp3) is 0.667. The molecule has 0 saturated heterocycles. The molecular formula is C21H29N3O4S. The van der Waals surface area contributed by atoms with Gasteiger partial charge in [-0.15, -0.1) is 11.3 Å². The quantitative estimate of drug-likeness (QED) is 0.709. The Hall–Kier alpha value is -1.93. The van der Waals surface area contributed by atoms with Crippen LogP contribution in [0.2, 0.25) is 0 Å². The van der Waals surface area contributed by atoms with Crippen molar-refractivity contribution in [2.75, 3.05) is 38.2 Å². The SMILES string of the molecule is CCCOC(C)C(=O)N1CCc2c(sc3c2C(=O)N(C)CC(=O)N3CC2CC2)C1. The second kappa shape index (κ2) is 8.07. The molecule has 1 atom stereocenters. The van der Waals surface area contributed by atoms with Crippen molar-refractivity contribution < 1.29 is 19.1 Å². The van der Waals surface area contributed by atoms with Gasteiger partial charge in [0, 0.05) is 31.6 Å². The maximum absolute atomic E-state index is 13.1. The fourth-order valence-corrected chi connectivity index (χ4v) is 5.40. The van der Waals surface area contributed by atoms with Crippen molar-refractivity contribution in [1.82, 2.24) is 9.80 Å². The maximum Gasteiger partial charge on any atom is 0.257 e. The molecule has 8 heteroatoms. The summed E-state index contributed by atoms with van der Waals surface area (Å²) in [5.41, 5.74) is 1.70. The van der Waals surface area contributed by atoms with Crippen LogP contribution in [0.4, 0.5) is 5.00 Å². The number of ether oxygens (including phenoxy) is 1. The monoisotopic (exact) mass is 419 g/mol. The van der Waals surface area contributed by atoms with Crippen molar-refractivity contribution >= 4 is 34.1 Å². The predicted octanol–water partition coefficient (Wildman–Crippen LogP) is 2.28. The van der Waals surface area contributed by atoms with Gasteiger partial charge < -0.3 is 19.4 Å². The molecule has 1 aromatic heterocycles. The van der Waals surface area contributed by atoms with Gasteiger partial charge in [-0.1, -0.05) is 6.92 Å². The predicted molar refractivity (Wildman–Crippen MR) is 111 cm³/mol. The summed E-state index contributed by atoms with van der Waals surface area (Å²) in [7, 11) is 1.69. The fourth-order valence-electron chi connectivity index (χ4n) is 4.02. The van der Waals surface area contributed by atoms with Crippen LogP contribution in [0.25, 0.3) is 0 Å². The lowest BCUT2D eigenvalue weighted by Gasteiger charge is -2.29. The zero-order valence-corrected chi connectivity index (χ0v) is 18.2. The molecule has 1 fully saturated rings. The number of anilines is 1. The lowest BCUT2D eigenvalue weighted by atomic mass is 10.0. The van der Waals surface area contributed by atoms with Crippen LogP contribution in [0.15, 0.2) is 0 Å². The Bertz CT molecular complexity index is 832. The van der Waals surface area contributed by atoms with Gasteiger partial charge in [-0.05, 0) is 44.1 Å². The van der Waals surface area contributed by atoms with Crippen molar-refractivity contribution in [2.45, 2.75) is 52.2 Å². The Morgan fingerprint density at radius 2 is 2.03 bits per heavy atom. The lowest BCUT2D eigenvalue weighted by molar-refractivity contribution is -0.143. The number of nitrogens with zero attached hydrogens (tertiary/aromatic N) is 3. The minimum atomic E-state index is -0.463.